The lowest BCUT2D eigenvalue weighted by atomic mass is 10.2. The van der Waals surface area contributed by atoms with Crippen molar-refractivity contribution < 1.29 is 13.2 Å². The van der Waals surface area contributed by atoms with E-state index in [1.165, 1.54) is 0 Å². The Bertz CT molecular complexity index is 565. The second kappa shape index (κ2) is 6.22. The minimum Gasteiger partial charge on any atom is -0.499 e. The maximum absolute atomic E-state index is 12.0. The van der Waals surface area contributed by atoms with Crippen molar-refractivity contribution in [3.05, 3.63) is 46.6 Å². The summed E-state index contributed by atoms with van der Waals surface area (Å²) in [5.74, 6) is -0.195. The van der Waals surface area contributed by atoms with Crippen LogP contribution in [0.4, 0.5) is 0 Å². The number of nitrogens with zero attached hydrogens (tertiary/aromatic N) is 1. The molecule has 0 fully saturated rings. The molecule has 96 valence electrons. The fourth-order valence-electron chi connectivity index (χ4n) is 1.31. The lowest BCUT2D eigenvalue weighted by molar-refractivity contribution is 0.268. The van der Waals surface area contributed by atoms with Gasteiger partial charge in [-0.05, 0) is 19.4 Å². The summed E-state index contributed by atoms with van der Waals surface area (Å²) in [6, 6.07) is 8.81. The smallest absolute Gasteiger partial charge is 0.195 e. The maximum Gasteiger partial charge on any atom is 0.195 e. The molecule has 0 spiro atoms. The Morgan fingerprint density at radius 1 is 1.39 bits per heavy atom. The molecule has 1 rings (SSSR count). The molecule has 5 heteroatoms. The Morgan fingerprint density at radius 3 is 2.50 bits per heavy atom. The van der Waals surface area contributed by atoms with E-state index in [1.807, 2.05) is 19.1 Å². The summed E-state index contributed by atoms with van der Waals surface area (Å²) in [7, 11) is -3.64. The van der Waals surface area contributed by atoms with Crippen molar-refractivity contribution in [2.24, 2.45) is 0 Å². The Kier molecular flexibility index (Phi) is 4.93. The molecular weight excluding hydrogens is 250 g/mol. The highest BCUT2D eigenvalue weighted by molar-refractivity contribution is 7.94. The monoisotopic (exact) mass is 265 g/mol. The van der Waals surface area contributed by atoms with Crippen LogP contribution in [0.2, 0.25) is 0 Å². The SMILES string of the molecule is CCO/C=C(\C#N)S(=O)(=O)Cc1ccc(C)cc1. The van der Waals surface area contributed by atoms with Crippen LogP contribution in [-0.2, 0) is 20.3 Å². The summed E-state index contributed by atoms with van der Waals surface area (Å²) >= 11 is 0. The highest BCUT2D eigenvalue weighted by Gasteiger charge is 2.19. The highest BCUT2D eigenvalue weighted by Crippen LogP contribution is 2.14. The standard InChI is InChI=1S/C13H15NO3S/c1-3-17-9-13(8-14)18(15,16)10-12-6-4-11(2)5-7-12/h4-7,9H,3,10H2,1-2H3/b13-9+. The summed E-state index contributed by atoms with van der Waals surface area (Å²) < 4.78 is 28.8. The predicted molar refractivity (Wildman–Crippen MR) is 69.1 cm³/mol. The fraction of sp³-hybridized carbons (Fsp3) is 0.308. The molecule has 0 saturated heterocycles. The number of nitriles is 1. The summed E-state index contributed by atoms with van der Waals surface area (Å²) in [6.45, 7) is 3.97. The van der Waals surface area contributed by atoms with Crippen LogP contribution in [0.3, 0.4) is 0 Å². The van der Waals surface area contributed by atoms with Crippen molar-refractivity contribution in [2.45, 2.75) is 19.6 Å². The Labute approximate surface area is 107 Å². The van der Waals surface area contributed by atoms with Gasteiger partial charge in [0.05, 0.1) is 12.4 Å². The largest absolute Gasteiger partial charge is 0.499 e. The maximum atomic E-state index is 12.0. The van der Waals surface area contributed by atoms with E-state index in [4.69, 9.17) is 10.00 Å². The van der Waals surface area contributed by atoms with Gasteiger partial charge in [0, 0.05) is 0 Å². The Balaban J connectivity index is 2.94. The molecule has 0 aliphatic rings. The fourth-order valence-corrected chi connectivity index (χ4v) is 2.45. The number of rotatable bonds is 5. The molecular formula is C13H15NO3S. The number of benzene rings is 1. The number of allylic oxidation sites excluding steroid dienone is 1. The summed E-state index contributed by atoms with van der Waals surface area (Å²) in [5.41, 5.74) is 1.71. The van der Waals surface area contributed by atoms with Crippen LogP contribution in [-0.4, -0.2) is 15.0 Å². The van der Waals surface area contributed by atoms with Gasteiger partial charge in [-0.15, -0.1) is 0 Å². The number of hydrogen-bond acceptors (Lipinski definition) is 4. The van der Waals surface area contributed by atoms with E-state index in [0.29, 0.717) is 12.2 Å². The molecule has 1 aromatic carbocycles. The van der Waals surface area contributed by atoms with Gasteiger partial charge in [0.15, 0.2) is 14.7 Å². The number of aryl methyl sites for hydroxylation is 1. The minimum atomic E-state index is -3.64. The predicted octanol–water partition coefficient (Wildman–Crippen LogP) is 2.31. The third-order valence-corrected chi connectivity index (χ3v) is 3.85. The molecule has 0 saturated carbocycles. The molecule has 18 heavy (non-hydrogen) atoms. The molecule has 0 N–H and O–H groups in total. The minimum absolute atomic E-state index is 0.195. The topological polar surface area (TPSA) is 67.2 Å². The van der Waals surface area contributed by atoms with E-state index >= 15 is 0 Å². The van der Waals surface area contributed by atoms with Crippen molar-refractivity contribution in [3.63, 3.8) is 0 Å². The van der Waals surface area contributed by atoms with Gasteiger partial charge in [0.1, 0.15) is 12.3 Å². The van der Waals surface area contributed by atoms with Gasteiger partial charge in [-0.25, -0.2) is 8.42 Å². The second-order valence-electron chi connectivity index (χ2n) is 3.79. The van der Waals surface area contributed by atoms with Crippen LogP contribution in [0.25, 0.3) is 0 Å². The molecule has 0 radical (unpaired) electrons. The van der Waals surface area contributed by atoms with E-state index in [2.05, 4.69) is 0 Å². The van der Waals surface area contributed by atoms with Gasteiger partial charge >= 0.3 is 0 Å². The van der Waals surface area contributed by atoms with Crippen LogP contribution < -0.4 is 0 Å². The van der Waals surface area contributed by atoms with Crippen LogP contribution in [0.1, 0.15) is 18.1 Å². The van der Waals surface area contributed by atoms with Crippen molar-refractivity contribution in [1.29, 1.82) is 5.26 Å². The average molecular weight is 265 g/mol. The van der Waals surface area contributed by atoms with Crippen molar-refractivity contribution in [1.82, 2.24) is 0 Å². The molecule has 1 aromatic rings. The first-order valence-electron chi connectivity index (χ1n) is 5.49. The van der Waals surface area contributed by atoms with Crippen LogP contribution >= 0.6 is 0 Å². The zero-order valence-corrected chi connectivity index (χ0v) is 11.2. The highest BCUT2D eigenvalue weighted by atomic mass is 32.2. The van der Waals surface area contributed by atoms with Crippen LogP contribution in [0.5, 0.6) is 0 Å². The zero-order chi connectivity index (χ0) is 13.6. The molecule has 0 aliphatic carbocycles. The van der Waals surface area contributed by atoms with Crippen molar-refractivity contribution in [2.75, 3.05) is 6.61 Å². The van der Waals surface area contributed by atoms with E-state index in [1.54, 1.807) is 25.1 Å². The quantitative estimate of drug-likeness (QED) is 0.605. The Morgan fingerprint density at radius 2 is 2.00 bits per heavy atom. The third-order valence-electron chi connectivity index (χ3n) is 2.28. The number of sulfone groups is 1. The third kappa shape index (κ3) is 3.90. The average Bonchev–Trinajstić information content (AvgIpc) is 2.32. The summed E-state index contributed by atoms with van der Waals surface area (Å²) in [5, 5.41) is 8.83. The van der Waals surface area contributed by atoms with Crippen LogP contribution in [0, 0.1) is 18.3 Å². The zero-order valence-electron chi connectivity index (χ0n) is 10.4. The first-order valence-corrected chi connectivity index (χ1v) is 7.15. The summed E-state index contributed by atoms with van der Waals surface area (Å²) in [4.78, 5) is -0.343. The first kappa shape index (κ1) is 14.3. The number of hydrogen-bond donors (Lipinski definition) is 0. The van der Waals surface area contributed by atoms with E-state index < -0.39 is 9.84 Å². The van der Waals surface area contributed by atoms with Gasteiger partial charge in [0.2, 0.25) is 0 Å². The molecule has 0 atom stereocenters. The van der Waals surface area contributed by atoms with Gasteiger partial charge < -0.3 is 4.74 Å². The van der Waals surface area contributed by atoms with E-state index in [9.17, 15) is 8.42 Å². The van der Waals surface area contributed by atoms with Crippen LogP contribution in [0.15, 0.2) is 35.4 Å². The molecule has 0 unspecified atom stereocenters. The first-order chi connectivity index (χ1) is 8.49. The molecule has 0 amide bonds. The van der Waals surface area contributed by atoms with E-state index in [0.717, 1.165) is 11.8 Å². The van der Waals surface area contributed by atoms with E-state index in [-0.39, 0.29) is 10.7 Å². The lowest BCUT2D eigenvalue weighted by Gasteiger charge is -2.04. The molecule has 4 nitrogen and oxygen atoms in total. The lowest BCUT2D eigenvalue weighted by Crippen LogP contribution is -2.07. The summed E-state index contributed by atoms with van der Waals surface area (Å²) in [6.07, 6.45) is 1.00. The van der Waals surface area contributed by atoms with Gasteiger partial charge in [-0.2, -0.15) is 5.26 Å². The second-order valence-corrected chi connectivity index (χ2v) is 5.75. The van der Waals surface area contributed by atoms with Gasteiger partial charge in [-0.1, -0.05) is 29.8 Å². The van der Waals surface area contributed by atoms with Crippen molar-refractivity contribution in [3.8, 4) is 6.07 Å². The molecule has 0 aliphatic heterocycles. The molecule has 0 heterocycles. The molecule has 0 bridgehead atoms. The van der Waals surface area contributed by atoms with Gasteiger partial charge in [-0.3, -0.25) is 0 Å². The number of ether oxygens (including phenoxy) is 1. The van der Waals surface area contributed by atoms with Gasteiger partial charge in [0.25, 0.3) is 0 Å². The Hall–Kier alpha value is -1.80. The van der Waals surface area contributed by atoms with Crippen molar-refractivity contribution >= 4 is 9.84 Å². The molecule has 0 aromatic heterocycles. The normalized spacial score (nSPS) is 11.9.